The zero-order valence-corrected chi connectivity index (χ0v) is 14.4. The second-order valence-electron chi connectivity index (χ2n) is 6.16. The highest BCUT2D eigenvalue weighted by Gasteiger charge is 2.15. The van der Waals surface area contributed by atoms with Crippen LogP contribution < -0.4 is 5.32 Å². The number of anilines is 1. The summed E-state index contributed by atoms with van der Waals surface area (Å²) >= 11 is 0. The second-order valence-corrected chi connectivity index (χ2v) is 6.16. The molecule has 1 N–H and O–H groups in total. The number of aryl methyl sites for hydroxylation is 1. The summed E-state index contributed by atoms with van der Waals surface area (Å²) in [5.74, 6) is 1.07. The van der Waals surface area contributed by atoms with E-state index >= 15 is 0 Å². The van der Waals surface area contributed by atoms with E-state index in [4.69, 9.17) is 4.74 Å². The number of nitrogens with one attached hydrogen (secondary N) is 1. The van der Waals surface area contributed by atoms with Gasteiger partial charge >= 0.3 is 0 Å². The number of pyridine rings is 2. The molecular formula is C17H19N7O2. The summed E-state index contributed by atoms with van der Waals surface area (Å²) in [7, 11) is 1.87. The first-order chi connectivity index (χ1) is 12.7. The van der Waals surface area contributed by atoms with E-state index < -0.39 is 0 Å². The lowest BCUT2D eigenvalue weighted by molar-refractivity contribution is -0.118. The highest BCUT2D eigenvalue weighted by Crippen LogP contribution is 2.20. The topological polar surface area (TPSA) is 98.1 Å². The number of fused-ring (bicyclic) bond motifs is 1. The third-order valence-corrected chi connectivity index (χ3v) is 4.25. The van der Waals surface area contributed by atoms with Gasteiger partial charge in [-0.05, 0) is 12.1 Å². The van der Waals surface area contributed by atoms with Crippen LogP contribution in [0.1, 0.15) is 0 Å². The van der Waals surface area contributed by atoms with Crippen molar-refractivity contribution in [3.05, 3.63) is 30.7 Å². The van der Waals surface area contributed by atoms with E-state index in [0.717, 1.165) is 24.0 Å². The molecule has 1 aliphatic heterocycles. The first-order valence-corrected chi connectivity index (χ1v) is 8.40. The molecule has 0 saturated carbocycles. The Morgan fingerprint density at radius 1 is 1.31 bits per heavy atom. The molecule has 0 spiro atoms. The number of hydrogen-bond acceptors (Lipinski definition) is 7. The second kappa shape index (κ2) is 7.14. The number of carbonyl (C=O) groups excluding carboxylic acids is 1. The molecule has 9 heteroatoms. The lowest BCUT2D eigenvalue weighted by Crippen LogP contribution is -2.41. The van der Waals surface area contributed by atoms with E-state index in [2.05, 4.69) is 30.4 Å². The molecule has 0 radical (unpaired) electrons. The number of rotatable bonds is 4. The van der Waals surface area contributed by atoms with Crippen LogP contribution >= 0.6 is 0 Å². The quantitative estimate of drug-likeness (QED) is 0.737. The molecule has 1 aliphatic rings. The maximum Gasteiger partial charge on any atom is 0.239 e. The predicted molar refractivity (Wildman–Crippen MR) is 95.4 cm³/mol. The number of aromatic nitrogens is 5. The molecule has 4 rings (SSSR count). The van der Waals surface area contributed by atoms with Crippen LogP contribution in [0.5, 0.6) is 0 Å². The lowest BCUT2D eigenvalue weighted by Gasteiger charge is -2.25. The first kappa shape index (κ1) is 16.6. The number of amides is 1. The third kappa shape index (κ3) is 3.53. The number of hydrogen-bond donors (Lipinski definition) is 1. The molecule has 1 amide bonds. The summed E-state index contributed by atoms with van der Waals surface area (Å²) in [6.07, 6.45) is 3.33. The van der Waals surface area contributed by atoms with Crippen LogP contribution in [0.15, 0.2) is 30.7 Å². The van der Waals surface area contributed by atoms with Gasteiger partial charge in [-0.1, -0.05) is 0 Å². The van der Waals surface area contributed by atoms with Crippen LogP contribution in [-0.4, -0.2) is 68.4 Å². The van der Waals surface area contributed by atoms with Crippen molar-refractivity contribution in [3.63, 3.8) is 0 Å². The summed E-state index contributed by atoms with van der Waals surface area (Å²) in [6, 6.07) is 5.58. The maximum absolute atomic E-state index is 12.2. The molecule has 0 aliphatic carbocycles. The van der Waals surface area contributed by atoms with Crippen molar-refractivity contribution in [2.45, 2.75) is 0 Å². The Kier molecular flexibility index (Phi) is 4.55. The smallest absolute Gasteiger partial charge is 0.239 e. The fourth-order valence-electron chi connectivity index (χ4n) is 2.87. The van der Waals surface area contributed by atoms with E-state index in [1.54, 1.807) is 23.2 Å². The molecule has 0 unspecified atom stereocenters. The van der Waals surface area contributed by atoms with Crippen molar-refractivity contribution >= 4 is 22.6 Å². The zero-order valence-electron chi connectivity index (χ0n) is 14.4. The lowest BCUT2D eigenvalue weighted by atomic mass is 10.2. The number of ether oxygens (including phenoxy) is 1. The summed E-state index contributed by atoms with van der Waals surface area (Å²) < 4.78 is 7.10. The maximum atomic E-state index is 12.2. The molecular weight excluding hydrogens is 334 g/mol. The molecule has 4 heterocycles. The van der Waals surface area contributed by atoms with Crippen molar-refractivity contribution in [3.8, 4) is 11.5 Å². The Morgan fingerprint density at radius 2 is 2.15 bits per heavy atom. The molecule has 0 aromatic carbocycles. The Hall–Kier alpha value is -2.91. The Labute approximate surface area is 150 Å². The Morgan fingerprint density at radius 3 is 2.92 bits per heavy atom. The molecule has 0 atom stereocenters. The fourth-order valence-corrected chi connectivity index (χ4v) is 2.87. The number of carbonyl (C=O) groups is 1. The fraction of sp³-hybridized carbons (Fsp3) is 0.353. The average Bonchev–Trinajstić information content (AvgIpc) is 3.08. The zero-order chi connectivity index (χ0) is 17.9. The molecule has 0 bridgehead atoms. The number of morpholine rings is 1. The Balaban J connectivity index is 1.52. The van der Waals surface area contributed by atoms with E-state index in [1.807, 2.05) is 19.2 Å². The van der Waals surface area contributed by atoms with Crippen molar-refractivity contribution in [1.29, 1.82) is 0 Å². The molecule has 3 aromatic heterocycles. The third-order valence-electron chi connectivity index (χ3n) is 4.25. The van der Waals surface area contributed by atoms with Gasteiger partial charge in [-0.15, -0.1) is 10.2 Å². The van der Waals surface area contributed by atoms with Crippen LogP contribution in [0, 0.1) is 0 Å². The first-order valence-electron chi connectivity index (χ1n) is 8.40. The van der Waals surface area contributed by atoms with Gasteiger partial charge in [-0.3, -0.25) is 9.69 Å². The SMILES string of the molecule is Cn1cnnc1-c1ccc2cnc(NC(=O)CN3CCOCC3)cc2n1. The largest absolute Gasteiger partial charge is 0.379 e. The molecule has 1 saturated heterocycles. The highest BCUT2D eigenvalue weighted by atomic mass is 16.5. The minimum Gasteiger partial charge on any atom is -0.379 e. The van der Waals surface area contributed by atoms with E-state index in [0.29, 0.717) is 37.1 Å². The van der Waals surface area contributed by atoms with Gasteiger partial charge in [0.05, 0.1) is 25.3 Å². The van der Waals surface area contributed by atoms with Gasteiger partial charge < -0.3 is 14.6 Å². The summed E-state index contributed by atoms with van der Waals surface area (Å²) in [6.45, 7) is 3.18. The molecule has 26 heavy (non-hydrogen) atoms. The van der Waals surface area contributed by atoms with Crippen molar-refractivity contribution in [2.24, 2.45) is 7.05 Å². The van der Waals surface area contributed by atoms with Gasteiger partial charge in [0.25, 0.3) is 0 Å². The number of nitrogens with zero attached hydrogens (tertiary/aromatic N) is 6. The van der Waals surface area contributed by atoms with Crippen LogP contribution in [0.3, 0.4) is 0 Å². The molecule has 134 valence electrons. The van der Waals surface area contributed by atoms with Crippen molar-refractivity contribution in [2.75, 3.05) is 38.2 Å². The minimum absolute atomic E-state index is 0.0943. The van der Waals surface area contributed by atoms with Gasteiger partial charge in [0.1, 0.15) is 17.8 Å². The predicted octanol–water partition coefficient (Wildman–Crippen LogP) is 0.696. The minimum atomic E-state index is -0.0943. The van der Waals surface area contributed by atoms with Crippen LogP contribution in [-0.2, 0) is 16.6 Å². The van der Waals surface area contributed by atoms with Gasteiger partial charge in [-0.2, -0.15) is 0 Å². The molecule has 9 nitrogen and oxygen atoms in total. The van der Waals surface area contributed by atoms with Crippen LogP contribution in [0.2, 0.25) is 0 Å². The van der Waals surface area contributed by atoms with Gasteiger partial charge in [0.2, 0.25) is 5.91 Å². The monoisotopic (exact) mass is 353 g/mol. The van der Waals surface area contributed by atoms with Gasteiger partial charge in [-0.25, -0.2) is 9.97 Å². The van der Waals surface area contributed by atoms with Crippen LogP contribution in [0.25, 0.3) is 22.4 Å². The molecule has 3 aromatic rings. The van der Waals surface area contributed by atoms with Gasteiger partial charge in [0.15, 0.2) is 5.82 Å². The summed E-state index contributed by atoms with van der Waals surface area (Å²) in [4.78, 5) is 23.2. The standard InChI is InChI=1S/C17H19N7O2/c1-23-11-19-22-17(23)13-3-2-12-9-18-15(8-14(12)20-13)21-16(25)10-24-4-6-26-7-5-24/h2-3,8-9,11H,4-7,10H2,1H3,(H,18,21,25). The van der Waals surface area contributed by atoms with E-state index in [9.17, 15) is 4.79 Å². The van der Waals surface area contributed by atoms with Crippen molar-refractivity contribution in [1.82, 2.24) is 29.6 Å². The van der Waals surface area contributed by atoms with Crippen LogP contribution in [0.4, 0.5) is 5.82 Å². The summed E-state index contributed by atoms with van der Waals surface area (Å²) in [5.41, 5.74) is 1.46. The normalized spacial score (nSPS) is 15.3. The summed E-state index contributed by atoms with van der Waals surface area (Å²) in [5, 5.41) is 11.7. The average molecular weight is 353 g/mol. The van der Waals surface area contributed by atoms with Crippen molar-refractivity contribution < 1.29 is 9.53 Å². The molecule has 1 fully saturated rings. The Bertz CT molecular complexity index is 934. The van der Waals surface area contributed by atoms with Gasteiger partial charge in [0, 0.05) is 37.8 Å². The highest BCUT2D eigenvalue weighted by molar-refractivity contribution is 5.93. The van der Waals surface area contributed by atoms with E-state index in [1.165, 1.54) is 0 Å². The van der Waals surface area contributed by atoms with E-state index in [-0.39, 0.29) is 5.91 Å².